The van der Waals surface area contributed by atoms with Crippen LogP contribution in [-0.4, -0.2) is 18.8 Å². The molecule has 1 aromatic carbocycles. The van der Waals surface area contributed by atoms with Crippen molar-refractivity contribution in [3.63, 3.8) is 0 Å². The predicted molar refractivity (Wildman–Crippen MR) is 64.9 cm³/mol. The van der Waals surface area contributed by atoms with Gasteiger partial charge >= 0.3 is 0 Å². The second-order valence-corrected chi connectivity index (χ2v) is 4.52. The van der Waals surface area contributed by atoms with E-state index in [0.717, 1.165) is 12.8 Å². The van der Waals surface area contributed by atoms with Crippen molar-refractivity contribution in [1.29, 1.82) is 0 Å². The fraction of sp³-hybridized carbons (Fsp3) is 0.500. The van der Waals surface area contributed by atoms with Gasteiger partial charge in [0.1, 0.15) is 6.61 Å². The van der Waals surface area contributed by atoms with Crippen LogP contribution < -0.4 is 10.5 Å². The van der Waals surface area contributed by atoms with Crippen molar-refractivity contribution in [3.05, 3.63) is 23.2 Å². The number of nitrogens with two attached hydrogens (primary N) is 1. The molecule has 0 radical (unpaired) electrons. The molecule has 1 aliphatic rings. The maximum absolute atomic E-state index is 6.00. The van der Waals surface area contributed by atoms with Crippen LogP contribution in [0.15, 0.2) is 18.2 Å². The molecule has 0 saturated carbocycles. The molecule has 2 N–H and O–H groups in total. The molecule has 0 bridgehead atoms. The van der Waals surface area contributed by atoms with E-state index in [9.17, 15) is 0 Å². The first kappa shape index (κ1) is 11.6. The molecule has 1 saturated heterocycles. The van der Waals surface area contributed by atoms with E-state index in [1.807, 2.05) is 0 Å². The van der Waals surface area contributed by atoms with Crippen LogP contribution in [0.4, 0.5) is 5.69 Å². The third kappa shape index (κ3) is 2.60. The van der Waals surface area contributed by atoms with Crippen molar-refractivity contribution >= 4 is 17.3 Å². The molecule has 1 heterocycles. The normalized spacial score (nSPS) is 24.6. The predicted octanol–water partition coefficient (Wildman–Crippen LogP) is 2.87. The highest BCUT2D eigenvalue weighted by Gasteiger charge is 2.22. The summed E-state index contributed by atoms with van der Waals surface area (Å²) in [6, 6.07) is 5.35. The van der Waals surface area contributed by atoms with Crippen molar-refractivity contribution in [1.82, 2.24) is 0 Å². The number of benzene rings is 1. The van der Waals surface area contributed by atoms with Crippen LogP contribution in [-0.2, 0) is 4.74 Å². The molecular formula is C12H16ClNO2. The standard InChI is InChI=1S/C12H16ClNO2/c1-8-5-6-9(16-8)7-15-12-10(13)3-2-4-11(12)14/h2-4,8-9H,5-7,14H2,1H3. The number of para-hydroxylation sites is 1. The minimum absolute atomic E-state index is 0.158. The molecule has 16 heavy (non-hydrogen) atoms. The van der Waals surface area contributed by atoms with Crippen molar-refractivity contribution in [2.75, 3.05) is 12.3 Å². The van der Waals surface area contributed by atoms with Gasteiger partial charge in [0.15, 0.2) is 5.75 Å². The summed E-state index contributed by atoms with van der Waals surface area (Å²) in [4.78, 5) is 0. The fourth-order valence-electron chi connectivity index (χ4n) is 1.86. The first-order valence-electron chi connectivity index (χ1n) is 5.49. The Labute approximate surface area is 100 Å². The molecule has 2 unspecified atom stereocenters. The van der Waals surface area contributed by atoms with Gasteiger partial charge in [0.2, 0.25) is 0 Å². The van der Waals surface area contributed by atoms with Crippen molar-refractivity contribution in [2.24, 2.45) is 0 Å². The average molecular weight is 242 g/mol. The zero-order chi connectivity index (χ0) is 11.5. The Morgan fingerprint density at radius 1 is 1.50 bits per heavy atom. The second kappa shape index (κ2) is 4.93. The lowest BCUT2D eigenvalue weighted by molar-refractivity contribution is 0.0267. The summed E-state index contributed by atoms with van der Waals surface area (Å²) in [5.41, 5.74) is 6.35. The first-order chi connectivity index (χ1) is 7.66. The molecule has 1 fully saturated rings. The molecule has 3 nitrogen and oxygen atoms in total. The summed E-state index contributed by atoms with van der Waals surface area (Å²) in [6.45, 7) is 2.59. The molecule has 88 valence electrons. The summed E-state index contributed by atoms with van der Waals surface area (Å²) in [5.74, 6) is 0.562. The van der Waals surface area contributed by atoms with Gasteiger partial charge in [0.25, 0.3) is 0 Å². The van der Waals surface area contributed by atoms with Crippen LogP contribution >= 0.6 is 11.6 Å². The lowest BCUT2D eigenvalue weighted by Gasteiger charge is -2.14. The zero-order valence-corrected chi connectivity index (χ0v) is 10.0. The Hall–Kier alpha value is -0.930. The van der Waals surface area contributed by atoms with Crippen LogP contribution in [0.2, 0.25) is 5.02 Å². The van der Waals surface area contributed by atoms with Crippen molar-refractivity contribution in [3.8, 4) is 5.75 Å². The number of anilines is 1. The monoisotopic (exact) mass is 241 g/mol. The smallest absolute Gasteiger partial charge is 0.160 e. The van der Waals surface area contributed by atoms with E-state index >= 15 is 0 Å². The number of hydrogen-bond acceptors (Lipinski definition) is 3. The highest BCUT2D eigenvalue weighted by atomic mass is 35.5. The summed E-state index contributed by atoms with van der Waals surface area (Å²) < 4.78 is 11.3. The van der Waals surface area contributed by atoms with Gasteiger partial charge in [0, 0.05) is 0 Å². The minimum atomic E-state index is 0.158. The first-order valence-corrected chi connectivity index (χ1v) is 5.87. The molecule has 0 amide bonds. The third-order valence-electron chi connectivity index (χ3n) is 2.73. The Morgan fingerprint density at radius 2 is 2.31 bits per heavy atom. The topological polar surface area (TPSA) is 44.5 Å². The van der Waals surface area contributed by atoms with E-state index < -0.39 is 0 Å². The van der Waals surface area contributed by atoms with Gasteiger partial charge in [-0.1, -0.05) is 17.7 Å². The summed E-state index contributed by atoms with van der Waals surface area (Å²) in [7, 11) is 0. The number of ether oxygens (including phenoxy) is 2. The van der Waals surface area contributed by atoms with Gasteiger partial charge in [-0.15, -0.1) is 0 Å². The maximum Gasteiger partial charge on any atom is 0.160 e. The SMILES string of the molecule is CC1CCC(COc2c(N)cccc2Cl)O1. The largest absolute Gasteiger partial charge is 0.487 e. The fourth-order valence-corrected chi connectivity index (χ4v) is 2.10. The quantitative estimate of drug-likeness (QED) is 0.828. The van der Waals surface area contributed by atoms with Crippen LogP contribution in [0.25, 0.3) is 0 Å². The van der Waals surface area contributed by atoms with E-state index in [1.165, 1.54) is 0 Å². The van der Waals surface area contributed by atoms with Crippen LogP contribution in [0, 0.1) is 0 Å². The van der Waals surface area contributed by atoms with Crippen molar-refractivity contribution < 1.29 is 9.47 Å². The highest BCUT2D eigenvalue weighted by molar-refractivity contribution is 6.32. The number of hydrogen-bond donors (Lipinski definition) is 1. The van der Waals surface area contributed by atoms with Gasteiger partial charge in [-0.3, -0.25) is 0 Å². The van der Waals surface area contributed by atoms with Crippen molar-refractivity contribution in [2.45, 2.75) is 32.0 Å². The average Bonchev–Trinajstić information content (AvgIpc) is 2.63. The van der Waals surface area contributed by atoms with Gasteiger partial charge in [-0.25, -0.2) is 0 Å². The minimum Gasteiger partial charge on any atom is -0.487 e. The number of nitrogen functional groups attached to an aromatic ring is 1. The van der Waals surface area contributed by atoms with Gasteiger partial charge in [-0.2, -0.15) is 0 Å². The Balaban J connectivity index is 1.94. The van der Waals surface area contributed by atoms with E-state index in [-0.39, 0.29) is 6.10 Å². The molecule has 0 aromatic heterocycles. The molecule has 1 aliphatic heterocycles. The maximum atomic E-state index is 6.00. The Bertz CT molecular complexity index is 350. The van der Waals surface area contributed by atoms with Gasteiger partial charge < -0.3 is 15.2 Å². The number of rotatable bonds is 3. The van der Waals surface area contributed by atoms with Gasteiger partial charge in [0.05, 0.1) is 22.9 Å². The molecule has 0 spiro atoms. The zero-order valence-electron chi connectivity index (χ0n) is 9.28. The van der Waals surface area contributed by atoms with Crippen LogP contribution in [0.3, 0.4) is 0 Å². The Kier molecular flexibility index (Phi) is 3.56. The van der Waals surface area contributed by atoms with E-state index in [2.05, 4.69) is 6.92 Å². The Morgan fingerprint density at radius 3 is 2.94 bits per heavy atom. The molecular weight excluding hydrogens is 226 g/mol. The highest BCUT2D eigenvalue weighted by Crippen LogP contribution is 2.31. The molecule has 4 heteroatoms. The van der Waals surface area contributed by atoms with E-state index in [0.29, 0.717) is 29.2 Å². The second-order valence-electron chi connectivity index (χ2n) is 4.12. The van der Waals surface area contributed by atoms with Crippen LogP contribution in [0.1, 0.15) is 19.8 Å². The van der Waals surface area contributed by atoms with E-state index in [1.54, 1.807) is 18.2 Å². The van der Waals surface area contributed by atoms with Gasteiger partial charge in [-0.05, 0) is 31.9 Å². The molecule has 2 rings (SSSR count). The molecule has 2 atom stereocenters. The van der Waals surface area contributed by atoms with E-state index in [4.69, 9.17) is 26.8 Å². The molecule has 0 aliphatic carbocycles. The van der Waals surface area contributed by atoms with Crippen LogP contribution in [0.5, 0.6) is 5.75 Å². The lowest BCUT2D eigenvalue weighted by atomic mass is 10.2. The number of halogens is 1. The summed E-state index contributed by atoms with van der Waals surface area (Å²) in [6.07, 6.45) is 2.61. The summed E-state index contributed by atoms with van der Waals surface area (Å²) >= 11 is 6.00. The molecule has 1 aromatic rings. The third-order valence-corrected chi connectivity index (χ3v) is 3.03. The summed E-state index contributed by atoms with van der Waals surface area (Å²) in [5, 5.41) is 0.547. The lowest BCUT2D eigenvalue weighted by Crippen LogP contribution is -2.18.